The number of ether oxygens (including phenoxy) is 1. The summed E-state index contributed by atoms with van der Waals surface area (Å²) in [7, 11) is 1.44. The Morgan fingerprint density at radius 2 is 2.25 bits per heavy atom. The average Bonchev–Trinajstić information content (AvgIpc) is 2.31. The average molecular weight is 171 g/mol. The maximum atomic E-state index is 11.0. The lowest BCUT2D eigenvalue weighted by Gasteiger charge is -2.30. The molecule has 0 saturated carbocycles. The number of nitrogens with zero attached hydrogens (tertiary/aromatic N) is 1. The number of hydrogen-bond donors (Lipinski definition) is 0. The lowest BCUT2D eigenvalue weighted by atomic mass is 10.0. The van der Waals surface area contributed by atoms with Crippen molar-refractivity contribution in [3.8, 4) is 0 Å². The van der Waals surface area contributed by atoms with Crippen molar-refractivity contribution in [3.05, 3.63) is 0 Å². The van der Waals surface area contributed by atoms with Gasteiger partial charge in [-0.25, -0.2) is 0 Å². The summed E-state index contributed by atoms with van der Waals surface area (Å²) in [5, 5.41) is 0. The van der Waals surface area contributed by atoms with Crippen molar-refractivity contribution in [1.82, 2.24) is 4.90 Å². The predicted molar refractivity (Wildman–Crippen MR) is 46.9 cm³/mol. The van der Waals surface area contributed by atoms with Crippen molar-refractivity contribution >= 4 is 5.97 Å². The molecule has 0 unspecified atom stereocenters. The molecule has 0 aromatic heterocycles. The molecule has 0 N–H and O–H groups in total. The smallest absolute Gasteiger partial charge is 0.319 e. The molecule has 1 rings (SSSR count). The summed E-state index contributed by atoms with van der Waals surface area (Å²) >= 11 is 0. The van der Waals surface area contributed by atoms with Crippen LogP contribution in [-0.2, 0) is 9.53 Å². The number of hydrogen-bond acceptors (Lipinski definition) is 3. The van der Waals surface area contributed by atoms with Crippen molar-refractivity contribution in [2.45, 2.75) is 32.2 Å². The number of methoxy groups -OCH3 is 1. The fraction of sp³-hybridized carbons (Fsp3) is 0.889. The van der Waals surface area contributed by atoms with Crippen LogP contribution < -0.4 is 0 Å². The van der Waals surface area contributed by atoms with Gasteiger partial charge in [0.1, 0.15) is 0 Å². The molecule has 0 aromatic carbocycles. The summed E-state index contributed by atoms with van der Waals surface area (Å²) in [5.74, 6) is -0.134. The Balaban J connectivity index is 2.47. The minimum Gasteiger partial charge on any atom is -0.468 e. The Bertz CT molecular complexity index is 177. The van der Waals surface area contributed by atoms with Crippen molar-refractivity contribution < 1.29 is 9.53 Å². The van der Waals surface area contributed by atoms with Gasteiger partial charge < -0.3 is 4.74 Å². The molecule has 0 spiro atoms. The minimum absolute atomic E-state index is 0.134. The molecule has 0 aromatic rings. The SMILES string of the molecule is COC(=O)CN1CCCC1(C)C. The van der Waals surface area contributed by atoms with Crippen LogP contribution in [-0.4, -0.2) is 36.6 Å². The first kappa shape index (κ1) is 9.52. The summed E-state index contributed by atoms with van der Waals surface area (Å²) in [6.45, 7) is 5.79. The maximum Gasteiger partial charge on any atom is 0.319 e. The van der Waals surface area contributed by atoms with Crippen LogP contribution >= 0.6 is 0 Å². The zero-order valence-corrected chi connectivity index (χ0v) is 8.09. The summed E-state index contributed by atoms with van der Waals surface area (Å²) in [5.41, 5.74) is 0.175. The summed E-state index contributed by atoms with van der Waals surface area (Å²) in [6.07, 6.45) is 2.36. The van der Waals surface area contributed by atoms with E-state index in [4.69, 9.17) is 0 Å². The first-order valence-electron chi connectivity index (χ1n) is 4.38. The first-order chi connectivity index (χ1) is 5.56. The van der Waals surface area contributed by atoms with Gasteiger partial charge in [0.15, 0.2) is 0 Å². The summed E-state index contributed by atoms with van der Waals surface area (Å²) < 4.78 is 4.62. The van der Waals surface area contributed by atoms with Gasteiger partial charge in [0.25, 0.3) is 0 Å². The Labute approximate surface area is 73.7 Å². The largest absolute Gasteiger partial charge is 0.468 e. The number of carbonyl (C=O) groups excluding carboxylic acids is 1. The summed E-state index contributed by atoms with van der Waals surface area (Å²) in [6, 6.07) is 0. The fourth-order valence-corrected chi connectivity index (χ4v) is 1.68. The van der Waals surface area contributed by atoms with Crippen LogP contribution in [0.25, 0.3) is 0 Å². The molecule has 1 heterocycles. The van der Waals surface area contributed by atoms with E-state index in [0.717, 1.165) is 6.54 Å². The number of carbonyl (C=O) groups is 1. The third-order valence-corrected chi connectivity index (χ3v) is 2.62. The van der Waals surface area contributed by atoms with E-state index >= 15 is 0 Å². The summed E-state index contributed by atoms with van der Waals surface area (Å²) in [4.78, 5) is 13.2. The first-order valence-corrected chi connectivity index (χ1v) is 4.38. The van der Waals surface area contributed by atoms with Gasteiger partial charge in [0, 0.05) is 5.54 Å². The molecule has 0 aliphatic carbocycles. The number of esters is 1. The van der Waals surface area contributed by atoms with E-state index in [2.05, 4.69) is 23.5 Å². The highest BCUT2D eigenvalue weighted by molar-refractivity contribution is 5.71. The van der Waals surface area contributed by atoms with E-state index in [-0.39, 0.29) is 11.5 Å². The van der Waals surface area contributed by atoms with E-state index in [1.54, 1.807) is 0 Å². The van der Waals surface area contributed by atoms with Crippen LogP contribution in [0.4, 0.5) is 0 Å². The molecule has 0 bridgehead atoms. The van der Waals surface area contributed by atoms with Crippen LogP contribution in [0.2, 0.25) is 0 Å². The molecule has 0 amide bonds. The second kappa shape index (κ2) is 3.44. The fourth-order valence-electron chi connectivity index (χ4n) is 1.68. The molecule has 70 valence electrons. The van der Waals surface area contributed by atoms with Gasteiger partial charge in [-0.15, -0.1) is 0 Å². The van der Waals surface area contributed by atoms with Gasteiger partial charge >= 0.3 is 5.97 Å². The van der Waals surface area contributed by atoms with Crippen LogP contribution in [0.5, 0.6) is 0 Å². The van der Waals surface area contributed by atoms with E-state index in [1.807, 2.05) is 0 Å². The van der Waals surface area contributed by atoms with Gasteiger partial charge in [-0.2, -0.15) is 0 Å². The van der Waals surface area contributed by atoms with Crippen molar-refractivity contribution in [3.63, 3.8) is 0 Å². The minimum atomic E-state index is -0.134. The standard InChI is InChI=1S/C9H17NO2/c1-9(2)5-4-6-10(9)7-8(11)12-3/h4-7H2,1-3H3. The zero-order valence-electron chi connectivity index (χ0n) is 8.09. The molecule has 1 fully saturated rings. The Kier molecular flexibility index (Phi) is 2.73. The van der Waals surface area contributed by atoms with Crippen molar-refractivity contribution in [1.29, 1.82) is 0 Å². The third-order valence-electron chi connectivity index (χ3n) is 2.62. The molecule has 3 nitrogen and oxygen atoms in total. The van der Waals surface area contributed by atoms with Crippen LogP contribution in [0.3, 0.4) is 0 Å². The van der Waals surface area contributed by atoms with Crippen LogP contribution in [0, 0.1) is 0 Å². The maximum absolute atomic E-state index is 11.0. The molecule has 3 heteroatoms. The molecule has 0 atom stereocenters. The molecular formula is C9H17NO2. The lowest BCUT2D eigenvalue weighted by Crippen LogP contribution is -2.41. The third kappa shape index (κ3) is 1.97. The number of rotatable bonds is 2. The lowest BCUT2D eigenvalue weighted by molar-refractivity contribution is -0.142. The second-order valence-corrected chi connectivity index (χ2v) is 3.91. The van der Waals surface area contributed by atoms with Crippen LogP contribution in [0.1, 0.15) is 26.7 Å². The van der Waals surface area contributed by atoms with Gasteiger partial charge in [0.2, 0.25) is 0 Å². The van der Waals surface area contributed by atoms with Crippen LogP contribution in [0.15, 0.2) is 0 Å². The monoisotopic (exact) mass is 171 g/mol. The number of likely N-dealkylation sites (tertiary alicyclic amines) is 1. The molecule has 12 heavy (non-hydrogen) atoms. The van der Waals surface area contributed by atoms with Gasteiger partial charge in [0.05, 0.1) is 13.7 Å². The topological polar surface area (TPSA) is 29.5 Å². The van der Waals surface area contributed by atoms with Gasteiger partial charge in [-0.3, -0.25) is 9.69 Å². The molecular weight excluding hydrogens is 154 g/mol. The Morgan fingerprint density at radius 3 is 2.67 bits per heavy atom. The highest BCUT2D eigenvalue weighted by atomic mass is 16.5. The highest BCUT2D eigenvalue weighted by Crippen LogP contribution is 2.27. The Morgan fingerprint density at radius 1 is 1.58 bits per heavy atom. The molecule has 0 radical (unpaired) electrons. The zero-order chi connectivity index (χ0) is 9.19. The second-order valence-electron chi connectivity index (χ2n) is 3.91. The van der Waals surface area contributed by atoms with Gasteiger partial charge in [-0.1, -0.05) is 0 Å². The van der Waals surface area contributed by atoms with E-state index in [1.165, 1.54) is 20.0 Å². The van der Waals surface area contributed by atoms with E-state index < -0.39 is 0 Å². The molecule has 1 aliphatic rings. The Hall–Kier alpha value is -0.570. The molecule has 1 aliphatic heterocycles. The predicted octanol–water partition coefficient (Wildman–Crippen LogP) is 1.03. The van der Waals surface area contributed by atoms with Crippen molar-refractivity contribution in [2.75, 3.05) is 20.2 Å². The highest BCUT2D eigenvalue weighted by Gasteiger charge is 2.32. The molecule has 1 saturated heterocycles. The quantitative estimate of drug-likeness (QED) is 0.581. The van der Waals surface area contributed by atoms with Gasteiger partial charge in [-0.05, 0) is 33.2 Å². The van der Waals surface area contributed by atoms with E-state index in [9.17, 15) is 4.79 Å². The van der Waals surface area contributed by atoms with E-state index in [0.29, 0.717) is 6.54 Å². The normalized spacial score (nSPS) is 22.6. The van der Waals surface area contributed by atoms with Crippen molar-refractivity contribution in [2.24, 2.45) is 0 Å².